The molecule has 0 saturated heterocycles. The van der Waals surface area contributed by atoms with Crippen LogP contribution < -0.4 is 9.64 Å². The number of ether oxygens (including phenoxy) is 2. The summed E-state index contributed by atoms with van der Waals surface area (Å²) in [4.78, 5) is 7.37. The van der Waals surface area contributed by atoms with Crippen LogP contribution in [0.5, 0.6) is 5.75 Å². The fourth-order valence-electron chi connectivity index (χ4n) is 4.06. The van der Waals surface area contributed by atoms with Gasteiger partial charge < -0.3 is 14.4 Å². The fraction of sp³-hybridized carbons (Fsp3) is 0.455. The summed E-state index contributed by atoms with van der Waals surface area (Å²) >= 11 is 6.61. The van der Waals surface area contributed by atoms with E-state index >= 15 is 0 Å². The van der Waals surface area contributed by atoms with Crippen molar-refractivity contribution >= 4 is 35.5 Å². The zero-order valence-corrected chi connectivity index (χ0v) is 19.4. The highest BCUT2D eigenvalue weighted by Gasteiger charge is 2.27. The first-order chi connectivity index (χ1) is 14.1. The molecule has 1 aliphatic heterocycles. The quantitative estimate of drug-likeness (QED) is 0.479. The summed E-state index contributed by atoms with van der Waals surface area (Å²) < 4.78 is 13.1. The number of fused-ring (bicyclic) bond motifs is 2. The number of methoxy groups -OCH3 is 1. The van der Waals surface area contributed by atoms with Crippen molar-refractivity contribution in [3.8, 4) is 16.9 Å². The van der Waals surface area contributed by atoms with Crippen LogP contribution >= 0.6 is 24.0 Å². The minimum absolute atomic E-state index is 0. The van der Waals surface area contributed by atoms with Gasteiger partial charge >= 0.3 is 0 Å². The van der Waals surface area contributed by atoms with Gasteiger partial charge in [0.2, 0.25) is 0 Å². The van der Waals surface area contributed by atoms with Crippen molar-refractivity contribution in [3.63, 3.8) is 0 Å². The Morgan fingerprint density at radius 1 is 1.20 bits per heavy atom. The van der Waals surface area contributed by atoms with E-state index in [1.165, 1.54) is 0 Å². The Labute approximate surface area is 188 Å². The van der Waals surface area contributed by atoms with Gasteiger partial charge in [-0.05, 0) is 38.0 Å². The Hall–Kier alpha value is -2.02. The Kier molecular flexibility index (Phi) is 7.11. The maximum Gasteiger partial charge on any atom is 0.165 e. The maximum atomic E-state index is 6.61. The summed E-state index contributed by atoms with van der Waals surface area (Å²) in [5.41, 5.74) is 5.75. The zero-order valence-electron chi connectivity index (χ0n) is 17.9. The number of rotatable bonds is 7. The molecule has 30 heavy (non-hydrogen) atoms. The summed E-state index contributed by atoms with van der Waals surface area (Å²) in [6.07, 6.45) is 2.13. The Morgan fingerprint density at radius 2 is 1.93 bits per heavy atom. The molecule has 0 atom stereocenters. The molecule has 0 radical (unpaired) electrons. The van der Waals surface area contributed by atoms with E-state index in [9.17, 15) is 0 Å². The molecule has 2 aromatic heterocycles. The van der Waals surface area contributed by atoms with Crippen molar-refractivity contribution in [1.82, 2.24) is 14.6 Å². The molecule has 162 valence electrons. The number of hydrogen-bond acceptors (Lipinski definition) is 5. The van der Waals surface area contributed by atoms with Crippen molar-refractivity contribution in [3.05, 3.63) is 40.2 Å². The average Bonchev–Trinajstić information content (AvgIpc) is 3.29. The van der Waals surface area contributed by atoms with Gasteiger partial charge in [-0.15, -0.1) is 12.4 Å². The van der Waals surface area contributed by atoms with Crippen LogP contribution in [0.3, 0.4) is 0 Å². The standard InChI is InChI=1S/C22H27ClN4O2.ClH/c1-5-9-26(10-6-2)22-17-12-29-13-19(17)24-21-20(14(3)25-27(21)22)16-8-7-15(28-4)11-18(16)23;/h7-8,11H,5-6,9-10,12-13H2,1-4H3;1H. The molecule has 3 heterocycles. The summed E-state index contributed by atoms with van der Waals surface area (Å²) in [7, 11) is 1.64. The van der Waals surface area contributed by atoms with Crippen LogP contribution in [0.2, 0.25) is 5.02 Å². The van der Waals surface area contributed by atoms with Gasteiger partial charge in [-0.3, -0.25) is 0 Å². The number of aromatic nitrogens is 3. The van der Waals surface area contributed by atoms with E-state index in [1.807, 2.05) is 29.6 Å². The highest BCUT2D eigenvalue weighted by molar-refractivity contribution is 6.33. The van der Waals surface area contributed by atoms with Gasteiger partial charge in [0.15, 0.2) is 5.65 Å². The predicted molar refractivity (Wildman–Crippen MR) is 123 cm³/mol. The van der Waals surface area contributed by atoms with Crippen LogP contribution in [0.1, 0.15) is 43.6 Å². The lowest BCUT2D eigenvalue weighted by Crippen LogP contribution is -2.29. The first-order valence-corrected chi connectivity index (χ1v) is 10.5. The van der Waals surface area contributed by atoms with Crippen molar-refractivity contribution in [2.45, 2.75) is 46.8 Å². The predicted octanol–water partition coefficient (Wildman–Crippen LogP) is 5.45. The summed E-state index contributed by atoms with van der Waals surface area (Å²) in [5, 5.41) is 5.53. The highest BCUT2D eigenvalue weighted by Crippen LogP contribution is 2.38. The molecule has 0 amide bonds. The Bertz CT molecular complexity index is 1050. The van der Waals surface area contributed by atoms with Crippen molar-refractivity contribution in [1.29, 1.82) is 0 Å². The zero-order chi connectivity index (χ0) is 20.5. The van der Waals surface area contributed by atoms with Gasteiger partial charge in [-0.1, -0.05) is 25.4 Å². The largest absolute Gasteiger partial charge is 0.497 e. The van der Waals surface area contributed by atoms with Gasteiger partial charge in [-0.2, -0.15) is 9.61 Å². The molecule has 1 aromatic carbocycles. The van der Waals surface area contributed by atoms with Gasteiger partial charge in [-0.25, -0.2) is 4.98 Å². The van der Waals surface area contributed by atoms with E-state index in [2.05, 4.69) is 18.7 Å². The van der Waals surface area contributed by atoms with E-state index in [-0.39, 0.29) is 12.4 Å². The molecule has 3 aromatic rings. The van der Waals surface area contributed by atoms with Gasteiger partial charge in [0.25, 0.3) is 0 Å². The van der Waals surface area contributed by atoms with Crippen LogP contribution in [-0.4, -0.2) is 34.8 Å². The maximum absolute atomic E-state index is 6.61. The highest BCUT2D eigenvalue weighted by atomic mass is 35.5. The van der Waals surface area contributed by atoms with Crippen LogP contribution in [0.25, 0.3) is 16.8 Å². The molecule has 0 N–H and O–H groups in total. The summed E-state index contributed by atoms with van der Waals surface area (Å²) in [6, 6.07) is 5.73. The van der Waals surface area contributed by atoms with Crippen LogP contribution in [0.15, 0.2) is 18.2 Å². The molecular weight excluding hydrogens is 423 g/mol. The number of aryl methyl sites for hydroxylation is 1. The Morgan fingerprint density at radius 3 is 2.57 bits per heavy atom. The van der Waals surface area contributed by atoms with E-state index in [0.717, 1.165) is 71.2 Å². The molecule has 0 spiro atoms. The second kappa shape index (κ2) is 9.41. The molecule has 0 aliphatic carbocycles. The second-order valence-electron chi connectivity index (χ2n) is 7.38. The molecule has 8 heteroatoms. The van der Waals surface area contributed by atoms with Crippen molar-refractivity contribution in [2.75, 3.05) is 25.1 Å². The normalized spacial score (nSPS) is 12.7. The van der Waals surface area contributed by atoms with Crippen LogP contribution in [0, 0.1) is 6.92 Å². The monoisotopic (exact) mass is 450 g/mol. The van der Waals surface area contributed by atoms with E-state index in [0.29, 0.717) is 18.2 Å². The minimum Gasteiger partial charge on any atom is -0.497 e. The van der Waals surface area contributed by atoms with E-state index in [4.69, 9.17) is 31.2 Å². The topological polar surface area (TPSA) is 51.9 Å². The first-order valence-electron chi connectivity index (χ1n) is 10.2. The van der Waals surface area contributed by atoms with Crippen LogP contribution in [-0.2, 0) is 18.0 Å². The van der Waals surface area contributed by atoms with Gasteiger partial charge in [0.1, 0.15) is 11.6 Å². The number of nitrogens with zero attached hydrogens (tertiary/aromatic N) is 4. The molecule has 0 saturated carbocycles. The third-order valence-electron chi connectivity index (χ3n) is 5.31. The van der Waals surface area contributed by atoms with E-state index in [1.54, 1.807) is 7.11 Å². The second-order valence-corrected chi connectivity index (χ2v) is 7.79. The third kappa shape index (κ3) is 3.84. The minimum atomic E-state index is 0. The van der Waals surface area contributed by atoms with Crippen LogP contribution in [0.4, 0.5) is 5.82 Å². The lowest BCUT2D eigenvalue weighted by Gasteiger charge is -2.26. The summed E-state index contributed by atoms with van der Waals surface area (Å²) in [5.74, 6) is 1.83. The average molecular weight is 451 g/mol. The lowest BCUT2D eigenvalue weighted by atomic mass is 10.1. The molecule has 1 aliphatic rings. The number of hydrogen-bond donors (Lipinski definition) is 0. The third-order valence-corrected chi connectivity index (χ3v) is 5.63. The van der Waals surface area contributed by atoms with Crippen molar-refractivity contribution < 1.29 is 9.47 Å². The lowest BCUT2D eigenvalue weighted by molar-refractivity contribution is 0.133. The van der Waals surface area contributed by atoms with E-state index < -0.39 is 0 Å². The summed E-state index contributed by atoms with van der Waals surface area (Å²) in [6.45, 7) is 9.47. The molecule has 0 unspecified atom stereocenters. The molecule has 4 rings (SSSR count). The van der Waals surface area contributed by atoms with Crippen molar-refractivity contribution in [2.24, 2.45) is 0 Å². The van der Waals surface area contributed by atoms with Gasteiger partial charge in [0.05, 0.1) is 42.3 Å². The molecular formula is C22H28Cl2N4O2. The molecule has 0 bridgehead atoms. The Balaban J connectivity index is 0.00000256. The molecule has 6 nitrogen and oxygen atoms in total. The molecule has 0 fully saturated rings. The first kappa shape index (κ1) is 22.7. The van der Waals surface area contributed by atoms with Gasteiger partial charge in [0, 0.05) is 24.2 Å². The number of anilines is 1. The number of halogens is 2. The smallest absolute Gasteiger partial charge is 0.165 e. The fourth-order valence-corrected chi connectivity index (χ4v) is 4.33. The number of benzene rings is 1. The SMILES string of the molecule is CCCN(CCC)c1c2c(nc3c(-c4ccc(OC)cc4Cl)c(C)nn13)COC2.Cl.